The predicted octanol–water partition coefficient (Wildman–Crippen LogP) is 2.10. The summed E-state index contributed by atoms with van der Waals surface area (Å²) in [7, 11) is 6.18. The summed E-state index contributed by atoms with van der Waals surface area (Å²) in [5.74, 6) is -0.204. The van der Waals surface area contributed by atoms with Crippen molar-refractivity contribution in [1.29, 1.82) is 0 Å². The topological polar surface area (TPSA) is 32.5 Å². The van der Waals surface area contributed by atoms with Gasteiger partial charge in [0.15, 0.2) is 0 Å². The van der Waals surface area contributed by atoms with Crippen molar-refractivity contribution in [2.75, 3.05) is 34.2 Å². The zero-order valence-electron chi connectivity index (χ0n) is 12.4. The molecule has 0 aliphatic heterocycles. The number of rotatable bonds is 7. The maximum Gasteiger partial charge on any atom is 0.123 e. The highest BCUT2D eigenvalue weighted by molar-refractivity contribution is 5.21. The Morgan fingerprint density at radius 1 is 1.21 bits per heavy atom. The Labute approximate surface area is 116 Å². The van der Waals surface area contributed by atoms with Crippen molar-refractivity contribution in [3.63, 3.8) is 0 Å². The minimum atomic E-state index is -0.204. The number of nitrogens with zero attached hydrogens (tertiary/aromatic N) is 2. The average molecular weight is 267 g/mol. The second-order valence-electron chi connectivity index (χ2n) is 5.50. The molecule has 0 bridgehead atoms. The van der Waals surface area contributed by atoms with E-state index in [1.54, 1.807) is 12.1 Å². The molecule has 1 rings (SSSR count). The summed E-state index contributed by atoms with van der Waals surface area (Å²) in [4.78, 5) is 4.37. The quantitative estimate of drug-likeness (QED) is 0.821. The van der Waals surface area contributed by atoms with Crippen LogP contribution in [0.3, 0.4) is 0 Å². The monoisotopic (exact) mass is 267 g/mol. The van der Waals surface area contributed by atoms with Gasteiger partial charge in [0, 0.05) is 12.1 Å². The van der Waals surface area contributed by atoms with Gasteiger partial charge >= 0.3 is 0 Å². The maximum absolute atomic E-state index is 13.3. The molecule has 0 aliphatic carbocycles. The first-order valence-corrected chi connectivity index (χ1v) is 6.78. The van der Waals surface area contributed by atoms with Crippen LogP contribution in [-0.2, 0) is 0 Å². The van der Waals surface area contributed by atoms with Crippen molar-refractivity contribution in [2.24, 2.45) is 5.73 Å². The summed E-state index contributed by atoms with van der Waals surface area (Å²) < 4.78 is 13.3. The molecule has 2 N–H and O–H groups in total. The molecule has 0 heterocycles. The predicted molar refractivity (Wildman–Crippen MR) is 78.6 cm³/mol. The van der Waals surface area contributed by atoms with E-state index in [9.17, 15) is 4.39 Å². The van der Waals surface area contributed by atoms with Crippen LogP contribution in [0, 0.1) is 5.82 Å². The molecule has 2 atom stereocenters. The van der Waals surface area contributed by atoms with Crippen LogP contribution in [0.1, 0.15) is 24.9 Å². The highest BCUT2D eigenvalue weighted by Crippen LogP contribution is 2.23. The van der Waals surface area contributed by atoms with Crippen molar-refractivity contribution >= 4 is 0 Å². The van der Waals surface area contributed by atoms with Gasteiger partial charge in [-0.15, -0.1) is 0 Å². The number of hydrogen-bond donors (Lipinski definition) is 1. The van der Waals surface area contributed by atoms with E-state index in [0.717, 1.165) is 25.1 Å². The van der Waals surface area contributed by atoms with Gasteiger partial charge in [0.2, 0.25) is 0 Å². The Hall–Kier alpha value is -0.970. The van der Waals surface area contributed by atoms with Gasteiger partial charge < -0.3 is 10.6 Å². The summed E-state index contributed by atoms with van der Waals surface area (Å²) in [6.45, 7) is 3.96. The third kappa shape index (κ3) is 5.27. The third-order valence-corrected chi connectivity index (χ3v) is 3.28. The van der Waals surface area contributed by atoms with E-state index in [2.05, 4.69) is 30.9 Å². The Balaban J connectivity index is 2.71. The first-order chi connectivity index (χ1) is 8.91. The van der Waals surface area contributed by atoms with Crippen LogP contribution >= 0.6 is 0 Å². The summed E-state index contributed by atoms with van der Waals surface area (Å²) in [6, 6.07) is 6.75. The van der Waals surface area contributed by atoms with Crippen molar-refractivity contribution < 1.29 is 4.39 Å². The van der Waals surface area contributed by atoms with Gasteiger partial charge in [-0.2, -0.15) is 0 Å². The lowest BCUT2D eigenvalue weighted by molar-refractivity contribution is 0.208. The number of likely N-dealkylation sites (N-methyl/N-ethyl adjacent to an activating group) is 1. The smallest absolute Gasteiger partial charge is 0.123 e. The molecule has 0 radical (unpaired) electrons. The van der Waals surface area contributed by atoms with Gasteiger partial charge in [0.05, 0.1) is 0 Å². The van der Waals surface area contributed by atoms with E-state index in [1.165, 1.54) is 6.07 Å². The molecule has 108 valence electrons. The number of halogens is 1. The van der Waals surface area contributed by atoms with Crippen LogP contribution in [0.25, 0.3) is 0 Å². The van der Waals surface area contributed by atoms with E-state index in [0.29, 0.717) is 0 Å². The van der Waals surface area contributed by atoms with Gasteiger partial charge in [0.25, 0.3) is 0 Å². The highest BCUT2D eigenvalue weighted by Gasteiger charge is 2.21. The molecule has 0 fully saturated rings. The molecule has 3 nitrogen and oxygen atoms in total. The van der Waals surface area contributed by atoms with Crippen LogP contribution in [0.15, 0.2) is 24.3 Å². The van der Waals surface area contributed by atoms with E-state index in [4.69, 9.17) is 5.73 Å². The van der Waals surface area contributed by atoms with E-state index in [-0.39, 0.29) is 17.9 Å². The third-order valence-electron chi connectivity index (χ3n) is 3.28. The molecule has 4 heteroatoms. The zero-order valence-corrected chi connectivity index (χ0v) is 12.4. The zero-order chi connectivity index (χ0) is 14.4. The number of benzene rings is 1. The normalized spacial score (nSPS) is 14.9. The van der Waals surface area contributed by atoms with Crippen molar-refractivity contribution in [3.8, 4) is 0 Å². The molecular weight excluding hydrogens is 241 g/mol. The fraction of sp³-hybridized carbons (Fsp3) is 0.600. The molecule has 19 heavy (non-hydrogen) atoms. The second kappa shape index (κ2) is 7.58. The molecule has 1 aromatic rings. The van der Waals surface area contributed by atoms with Crippen LogP contribution in [0.2, 0.25) is 0 Å². The molecule has 0 amide bonds. The SMILES string of the molecule is CC(N)C(c1cccc(F)c1)N(C)CCCN(C)C. The van der Waals surface area contributed by atoms with Gasteiger partial charge in [-0.3, -0.25) is 4.90 Å². The van der Waals surface area contributed by atoms with Gasteiger partial charge in [-0.1, -0.05) is 12.1 Å². The van der Waals surface area contributed by atoms with E-state index < -0.39 is 0 Å². The minimum Gasteiger partial charge on any atom is -0.326 e. The van der Waals surface area contributed by atoms with Crippen molar-refractivity contribution in [2.45, 2.75) is 25.4 Å². The molecule has 0 saturated carbocycles. The fourth-order valence-corrected chi connectivity index (χ4v) is 2.43. The number of nitrogens with two attached hydrogens (primary N) is 1. The van der Waals surface area contributed by atoms with E-state index in [1.807, 2.05) is 13.0 Å². The lowest BCUT2D eigenvalue weighted by Gasteiger charge is -2.31. The largest absolute Gasteiger partial charge is 0.326 e. The molecule has 2 unspecified atom stereocenters. The minimum absolute atomic E-state index is 0.0360. The lowest BCUT2D eigenvalue weighted by Crippen LogP contribution is -2.38. The summed E-state index contributed by atoms with van der Waals surface area (Å²) >= 11 is 0. The first-order valence-electron chi connectivity index (χ1n) is 6.78. The lowest BCUT2D eigenvalue weighted by atomic mass is 9.99. The standard InChI is InChI=1S/C15H26FN3/c1-12(17)15(13-7-5-8-14(16)11-13)19(4)10-6-9-18(2)3/h5,7-8,11-12,15H,6,9-10,17H2,1-4H3. The molecule has 0 aliphatic rings. The first kappa shape index (κ1) is 16.1. The molecule has 0 saturated heterocycles. The Kier molecular flexibility index (Phi) is 6.42. The Morgan fingerprint density at radius 2 is 1.89 bits per heavy atom. The summed E-state index contributed by atoms with van der Waals surface area (Å²) in [5, 5.41) is 0. The molecular formula is C15H26FN3. The Bertz CT molecular complexity index is 379. The van der Waals surface area contributed by atoms with Crippen molar-refractivity contribution in [1.82, 2.24) is 9.80 Å². The average Bonchev–Trinajstić information content (AvgIpc) is 2.28. The Morgan fingerprint density at radius 3 is 2.42 bits per heavy atom. The highest BCUT2D eigenvalue weighted by atomic mass is 19.1. The van der Waals surface area contributed by atoms with Crippen LogP contribution < -0.4 is 5.73 Å². The van der Waals surface area contributed by atoms with Crippen LogP contribution in [0.4, 0.5) is 4.39 Å². The van der Waals surface area contributed by atoms with E-state index >= 15 is 0 Å². The van der Waals surface area contributed by atoms with Crippen LogP contribution in [-0.4, -0.2) is 50.1 Å². The van der Waals surface area contributed by atoms with Gasteiger partial charge in [0.1, 0.15) is 5.82 Å². The summed E-state index contributed by atoms with van der Waals surface area (Å²) in [6.07, 6.45) is 1.07. The van der Waals surface area contributed by atoms with Gasteiger partial charge in [-0.05, 0) is 65.3 Å². The maximum atomic E-state index is 13.3. The van der Waals surface area contributed by atoms with Gasteiger partial charge in [-0.25, -0.2) is 4.39 Å². The number of hydrogen-bond acceptors (Lipinski definition) is 3. The van der Waals surface area contributed by atoms with Crippen molar-refractivity contribution in [3.05, 3.63) is 35.6 Å². The summed E-state index contributed by atoms with van der Waals surface area (Å²) in [5.41, 5.74) is 7.02. The molecule has 1 aromatic carbocycles. The fourth-order valence-electron chi connectivity index (χ4n) is 2.43. The molecule has 0 aromatic heterocycles. The van der Waals surface area contributed by atoms with Crippen LogP contribution in [0.5, 0.6) is 0 Å². The molecule has 0 spiro atoms. The second-order valence-corrected chi connectivity index (χ2v) is 5.50.